The Morgan fingerprint density at radius 2 is 2.57 bits per heavy atom. The van der Waals surface area contributed by atoms with Crippen LogP contribution in [0.5, 0.6) is 0 Å². The normalized spacial score (nSPS) is 23.1. The monoisotopic (exact) mass is 211 g/mol. The van der Waals surface area contributed by atoms with Crippen LogP contribution in [0, 0.1) is 0 Å². The highest BCUT2D eigenvalue weighted by Crippen LogP contribution is 2.17. The van der Waals surface area contributed by atoms with E-state index in [1.54, 1.807) is 0 Å². The number of anilines is 1. The first-order valence-electron chi connectivity index (χ1n) is 5.19. The van der Waals surface area contributed by atoms with E-state index in [1.807, 2.05) is 0 Å². The maximum absolute atomic E-state index is 5.58. The summed E-state index contributed by atoms with van der Waals surface area (Å²) >= 11 is 1.54. The number of nitrogens with zero attached hydrogens (tertiary/aromatic N) is 2. The van der Waals surface area contributed by atoms with Crippen LogP contribution >= 0.6 is 11.3 Å². The maximum atomic E-state index is 5.58. The summed E-state index contributed by atoms with van der Waals surface area (Å²) in [5, 5.41) is 2.75. The second-order valence-electron chi connectivity index (χ2n) is 3.95. The number of nitrogen functional groups attached to an aromatic ring is 1. The van der Waals surface area contributed by atoms with E-state index < -0.39 is 0 Å². The van der Waals surface area contributed by atoms with E-state index in [2.05, 4.69) is 22.2 Å². The second-order valence-corrected chi connectivity index (χ2v) is 4.84. The molecular weight excluding hydrogens is 194 g/mol. The van der Waals surface area contributed by atoms with Crippen molar-refractivity contribution < 1.29 is 0 Å². The standard InChI is InChI=1S/C10H17N3S/c1-8-3-2-5-13(8)6-4-9-7-14-10(11)12-9/h7-8H,2-6H2,1H3,(H2,11,12). The van der Waals surface area contributed by atoms with Crippen molar-refractivity contribution in [3.05, 3.63) is 11.1 Å². The summed E-state index contributed by atoms with van der Waals surface area (Å²) in [4.78, 5) is 6.80. The average Bonchev–Trinajstić information content (AvgIpc) is 2.72. The lowest BCUT2D eigenvalue weighted by Crippen LogP contribution is -2.29. The van der Waals surface area contributed by atoms with Gasteiger partial charge in [0, 0.05) is 24.4 Å². The Bertz CT molecular complexity index is 297. The summed E-state index contributed by atoms with van der Waals surface area (Å²) in [7, 11) is 0. The van der Waals surface area contributed by atoms with E-state index in [4.69, 9.17) is 5.73 Å². The molecule has 0 bridgehead atoms. The lowest BCUT2D eigenvalue weighted by atomic mass is 10.2. The second kappa shape index (κ2) is 4.28. The Morgan fingerprint density at radius 3 is 3.14 bits per heavy atom. The molecule has 1 atom stereocenters. The molecule has 2 rings (SSSR count). The van der Waals surface area contributed by atoms with Gasteiger partial charge in [-0.25, -0.2) is 4.98 Å². The van der Waals surface area contributed by atoms with Crippen molar-refractivity contribution in [3.8, 4) is 0 Å². The minimum atomic E-state index is 0.689. The van der Waals surface area contributed by atoms with Gasteiger partial charge in [0.15, 0.2) is 5.13 Å². The molecule has 0 amide bonds. The van der Waals surface area contributed by atoms with Gasteiger partial charge in [0.2, 0.25) is 0 Å². The highest BCUT2D eigenvalue weighted by molar-refractivity contribution is 7.13. The van der Waals surface area contributed by atoms with Crippen molar-refractivity contribution in [3.63, 3.8) is 0 Å². The lowest BCUT2D eigenvalue weighted by Gasteiger charge is -2.19. The Labute approximate surface area is 88.9 Å². The van der Waals surface area contributed by atoms with Crippen LogP contribution in [-0.4, -0.2) is 29.0 Å². The first kappa shape index (κ1) is 9.93. The van der Waals surface area contributed by atoms with Crippen LogP contribution in [0.3, 0.4) is 0 Å². The fourth-order valence-electron chi connectivity index (χ4n) is 2.02. The van der Waals surface area contributed by atoms with Gasteiger partial charge < -0.3 is 10.6 Å². The van der Waals surface area contributed by atoms with Crippen LogP contribution in [0.1, 0.15) is 25.5 Å². The molecule has 1 aliphatic heterocycles. The van der Waals surface area contributed by atoms with Crippen LogP contribution in [0.25, 0.3) is 0 Å². The molecule has 14 heavy (non-hydrogen) atoms. The van der Waals surface area contributed by atoms with Gasteiger partial charge in [-0.2, -0.15) is 0 Å². The smallest absolute Gasteiger partial charge is 0.180 e. The van der Waals surface area contributed by atoms with E-state index in [1.165, 1.54) is 30.7 Å². The van der Waals surface area contributed by atoms with Crippen molar-refractivity contribution >= 4 is 16.5 Å². The van der Waals surface area contributed by atoms with Gasteiger partial charge in [-0.1, -0.05) is 0 Å². The minimum absolute atomic E-state index is 0.689. The third kappa shape index (κ3) is 2.25. The predicted octanol–water partition coefficient (Wildman–Crippen LogP) is 1.75. The number of thiazole rings is 1. The van der Waals surface area contributed by atoms with Gasteiger partial charge in [-0.05, 0) is 26.3 Å². The third-order valence-corrected chi connectivity index (χ3v) is 3.64. The number of rotatable bonds is 3. The van der Waals surface area contributed by atoms with Crippen molar-refractivity contribution in [1.29, 1.82) is 0 Å². The molecule has 1 aromatic rings. The van der Waals surface area contributed by atoms with Crippen molar-refractivity contribution in [2.24, 2.45) is 0 Å². The minimum Gasteiger partial charge on any atom is -0.375 e. The molecule has 4 heteroatoms. The van der Waals surface area contributed by atoms with E-state index in [-0.39, 0.29) is 0 Å². The van der Waals surface area contributed by atoms with E-state index >= 15 is 0 Å². The lowest BCUT2D eigenvalue weighted by molar-refractivity contribution is 0.271. The maximum Gasteiger partial charge on any atom is 0.180 e. The van der Waals surface area contributed by atoms with Gasteiger partial charge in [0.25, 0.3) is 0 Å². The predicted molar refractivity (Wildman–Crippen MR) is 60.5 cm³/mol. The summed E-state index contributed by atoms with van der Waals surface area (Å²) in [6, 6.07) is 0.756. The molecule has 1 unspecified atom stereocenters. The SMILES string of the molecule is CC1CCCN1CCc1csc(N)n1. The molecular formula is C10H17N3S. The molecule has 3 nitrogen and oxygen atoms in total. The Morgan fingerprint density at radius 1 is 1.71 bits per heavy atom. The average molecular weight is 211 g/mol. The number of nitrogens with two attached hydrogens (primary N) is 1. The summed E-state index contributed by atoms with van der Waals surface area (Å²) < 4.78 is 0. The third-order valence-electron chi connectivity index (χ3n) is 2.92. The van der Waals surface area contributed by atoms with Crippen molar-refractivity contribution in [2.75, 3.05) is 18.8 Å². The molecule has 0 aliphatic carbocycles. The zero-order valence-electron chi connectivity index (χ0n) is 8.57. The van der Waals surface area contributed by atoms with Gasteiger partial charge in [0.1, 0.15) is 0 Å². The highest BCUT2D eigenvalue weighted by atomic mass is 32.1. The summed E-state index contributed by atoms with van der Waals surface area (Å²) in [6.45, 7) is 4.69. The van der Waals surface area contributed by atoms with Crippen molar-refractivity contribution in [1.82, 2.24) is 9.88 Å². The molecule has 0 aromatic carbocycles. The Balaban J connectivity index is 1.82. The quantitative estimate of drug-likeness (QED) is 0.828. The number of hydrogen-bond acceptors (Lipinski definition) is 4. The Kier molecular flexibility index (Phi) is 3.03. The topological polar surface area (TPSA) is 42.1 Å². The molecule has 2 N–H and O–H groups in total. The molecule has 0 radical (unpaired) electrons. The van der Waals surface area contributed by atoms with E-state index in [0.717, 1.165) is 24.7 Å². The number of aromatic nitrogens is 1. The molecule has 1 fully saturated rings. The van der Waals surface area contributed by atoms with Crippen LogP contribution in [0.15, 0.2) is 5.38 Å². The Hall–Kier alpha value is -0.610. The summed E-state index contributed by atoms with van der Waals surface area (Å²) in [6.07, 6.45) is 3.73. The molecule has 1 saturated heterocycles. The first-order valence-corrected chi connectivity index (χ1v) is 6.07. The van der Waals surface area contributed by atoms with Gasteiger partial charge in [-0.3, -0.25) is 0 Å². The van der Waals surface area contributed by atoms with Gasteiger partial charge >= 0.3 is 0 Å². The molecule has 0 spiro atoms. The highest BCUT2D eigenvalue weighted by Gasteiger charge is 2.19. The van der Waals surface area contributed by atoms with Crippen LogP contribution in [-0.2, 0) is 6.42 Å². The van der Waals surface area contributed by atoms with Crippen molar-refractivity contribution in [2.45, 2.75) is 32.2 Å². The summed E-state index contributed by atoms with van der Waals surface area (Å²) in [5.41, 5.74) is 6.73. The molecule has 1 aliphatic rings. The fraction of sp³-hybridized carbons (Fsp3) is 0.700. The van der Waals surface area contributed by atoms with E-state index in [0.29, 0.717) is 5.13 Å². The van der Waals surface area contributed by atoms with Crippen LogP contribution < -0.4 is 5.73 Å². The molecule has 78 valence electrons. The van der Waals surface area contributed by atoms with Crippen LogP contribution in [0.2, 0.25) is 0 Å². The first-order chi connectivity index (χ1) is 6.75. The number of hydrogen-bond donors (Lipinski definition) is 1. The number of likely N-dealkylation sites (tertiary alicyclic amines) is 1. The van der Waals surface area contributed by atoms with E-state index in [9.17, 15) is 0 Å². The molecule has 0 saturated carbocycles. The zero-order chi connectivity index (χ0) is 9.97. The fourth-order valence-corrected chi connectivity index (χ4v) is 2.62. The van der Waals surface area contributed by atoms with Gasteiger partial charge in [-0.15, -0.1) is 11.3 Å². The zero-order valence-corrected chi connectivity index (χ0v) is 9.39. The molecule has 2 heterocycles. The largest absolute Gasteiger partial charge is 0.375 e. The molecule has 1 aromatic heterocycles. The van der Waals surface area contributed by atoms with Crippen LogP contribution in [0.4, 0.5) is 5.13 Å². The summed E-state index contributed by atoms with van der Waals surface area (Å²) in [5.74, 6) is 0. The van der Waals surface area contributed by atoms with Gasteiger partial charge in [0.05, 0.1) is 5.69 Å².